The third-order valence-corrected chi connectivity index (χ3v) is 4.85. The Balaban J connectivity index is 1.80. The van der Waals surface area contributed by atoms with Gasteiger partial charge in [0.1, 0.15) is 18.8 Å². The van der Waals surface area contributed by atoms with E-state index < -0.39 is 36.2 Å². The topological polar surface area (TPSA) is 188 Å². The van der Waals surface area contributed by atoms with E-state index in [-0.39, 0.29) is 40.9 Å². The number of nitrogens with one attached hydrogen (secondary N) is 1. The summed E-state index contributed by atoms with van der Waals surface area (Å²) in [4.78, 5) is 56.5. The maximum atomic E-state index is 12.7. The number of amides is 2. The molecule has 0 aliphatic carbocycles. The Morgan fingerprint density at radius 3 is 2.72 bits per heavy atom. The number of anilines is 1. The van der Waals surface area contributed by atoms with Gasteiger partial charge in [0.15, 0.2) is 10.8 Å². The van der Waals surface area contributed by atoms with E-state index in [4.69, 9.17) is 10.8 Å². The monoisotopic (exact) mass is 424 g/mol. The summed E-state index contributed by atoms with van der Waals surface area (Å²) in [5, 5.41) is 28.5. The molecule has 5 N–H and O–H groups in total. The molecule has 3 heterocycles. The molecule has 1 aromatic heterocycles. The normalized spacial score (nSPS) is 19.5. The molecule has 1 fully saturated rings. The van der Waals surface area contributed by atoms with Crippen molar-refractivity contribution in [3.63, 3.8) is 0 Å². The molecule has 29 heavy (non-hydrogen) atoms. The molecule has 0 unspecified atom stereocenters. The molecule has 154 valence electrons. The van der Waals surface area contributed by atoms with Crippen molar-refractivity contribution in [1.29, 1.82) is 0 Å². The minimum atomic E-state index is -1.31. The van der Waals surface area contributed by atoms with E-state index in [1.165, 1.54) is 17.5 Å². The summed E-state index contributed by atoms with van der Waals surface area (Å²) in [6.07, 6.45) is -0.640. The number of fused-ring (bicyclic) bond motifs is 1. The fourth-order valence-electron chi connectivity index (χ4n) is 3.04. The first kappa shape index (κ1) is 20.2. The fourth-order valence-corrected chi connectivity index (χ4v) is 3.59. The molecule has 0 aromatic carbocycles. The molecular weight excluding hydrogens is 408 g/mol. The van der Waals surface area contributed by atoms with Gasteiger partial charge in [-0.25, -0.2) is 19.8 Å². The van der Waals surface area contributed by atoms with Crippen LogP contribution in [0.2, 0.25) is 0 Å². The molecule has 1 aromatic rings. The number of hydrogen-bond donors (Lipinski definition) is 4. The van der Waals surface area contributed by atoms with E-state index in [1.54, 1.807) is 0 Å². The number of nitrogens with zero attached hydrogens (tertiary/aromatic N) is 4. The number of carboxylic acids is 2. The van der Waals surface area contributed by atoms with Gasteiger partial charge in [-0.1, -0.05) is 5.16 Å². The molecule has 0 saturated carbocycles. The number of thiazole rings is 1. The van der Waals surface area contributed by atoms with E-state index in [0.717, 1.165) is 16.3 Å². The quantitative estimate of drug-likeness (QED) is 0.294. The van der Waals surface area contributed by atoms with Gasteiger partial charge in [0.2, 0.25) is 0 Å². The minimum absolute atomic E-state index is 0.0378. The predicted molar refractivity (Wildman–Crippen MR) is 97.3 cm³/mol. The molecule has 2 aliphatic heterocycles. The summed E-state index contributed by atoms with van der Waals surface area (Å²) in [5.41, 5.74) is 5.23. The smallest absolute Gasteiger partial charge is 0.334 e. The molecular formula is C15H16N6O7S. The van der Waals surface area contributed by atoms with Crippen LogP contribution in [0.3, 0.4) is 0 Å². The highest BCUT2D eigenvalue weighted by atomic mass is 32.1. The zero-order chi connectivity index (χ0) is 21.3. The molecule has 0 spiro atoms. The zero-order valence-corrected chi connectivity index (χ0v) is 15.8. The van der Waals surface area contributed by atoms with Gasteiger partial charge in [-0.05, 0) is 0 Å². The van der Waals surface area contributed by atoms with Crippen LogP contribution in [0.25, 0.3) is 0 Å². The Labute approximate surface area is 167 Å². The maximum Gasteiger partial charge on any atom is 0.334 e. The van der Waals surface area contributed by atoms with Crippen molar-refractivity contribution in [2.45, 2.75) is 12.5 Å². The van der Waals surface area contributed by atoms with E-state index in [0.29, 0.717) is 0 Å². The van der Waals surface area contributed by atoms with Gasteiger partial charge in [-0.15, -0.1) is 11.3 Å². The van der Waals surface area contributed by atoms with Gasteiger partial charge in [0.05, 0.1) is 24.2 Å². The van der Waals surface area contributed by atoms with Crippen molar-refractivity contribution in [1.82, 2.24) is 20.3 Å². The SMILES string of the molecule is CO/N=C(\C(=O)N[C@H]1CN2CC(C(=O)O)=C(CC(=O)O)N2C1=O)c1csc(N)n1. The lowest BCUT2D eigenvalue weighted by Crippen LogP contribution is -2.45. The molecule has 3 rings (SSSR count). The second-order valence-corrected chi connectivity index (χ2v) is 6.91. The van der Waals surface area contributed by atoms with Crippen LogP contribution in [0.1, 0.15) is 12.1 Å². The number of nitrogens with two attached hydrogens (primary N) is 1. The summed E-state index contributed by atoms with van der Waals surface area (Å²) in [6.45, 7) is -0.193. The predicted octanol–water partition coefficient (Wildman–Crippen LogP) is -1.55. The van der Waals surface area contributed by atoms with E-state index in [9.17, 15) is 24.3 Å². The van der Waals surface area contributed by atoms with Gasteiger partial charge < -0.3 is 26.1 Å². The van der Waals surface area contributed by atoms with E-state index >= 15 is 0 Å². The number of hydrazine groups is 1. The summed E-state index contributed by atoms with van der Waals surface area (Å²) < 4.78 is 0. The summed E-state index contributed by atoms with van der Waals surface area (Å²) in [5.74, 6) is -3.99. The first-order valence-corrected chi connectivity index (χ1v) is 9.00. The maximum absolute atomic E-state index is 12.7. The number of hydrogen-bond acceptors (Lipinski definition) is 10. The van der Waals surface area contributed by atoms with Crippen LogP contribution in [0.15, 0.2) is 21.8 Å². The molecule has 13 nitrogen and oxygen atoms in total. The highest BCUT2D eigenvalue weighted by molar-refractivity contribution is 7.13. The lowest BCUT2D eigenvalue weighted by molar-refractivity contribution is -0.138. The first-order chi connectivity index (χ1) is 13.7. The van der Waals surface area contributed by atoms with Crippen LogP contribution in [0, 0.1) is 0 Å². The first-order valence-electron chi connectivity index (χ1n) is 8.12. The second-order valence-electron chi connectivity index (χ2n) is 6.02. The number of oxime groups is 1. The van der Waals surface area contributed by atoms with Gasteiger partial charge in [0, 0.05) is 11.9 Å². The largest absolute Gasteiger partial charge is 0.481 e. The van der Waals surface area contributed by atoms with Crippen LogP contribution < -0.4 is 11.1 Å². The minimum Gasteiger partial charge on any atom is -0.481 e. The van der Waals surface area contributed by atoms with Crippen LogP contribution in [-0.2, 0) is 24.0 Å². The Bertz CT molecular complexity index is 955. The summed E-state index contributed by atoms with van der Waals surface area (Å²) >= 11 is 1.09. The fraction of sp³-hybridized carbons (Fsp3) is 0.333. The Kier molecular flexibility index (Phi) is 5.47. The van der Waals surface area contributed by atoms with Crippen LogP contribution >= 0.6 is 11.3 Å². The highest BCUT2D eigenvalue weighted by Gasteiger charge is 2.47. The Hall–Kier alpha value is -3.52. The van der Waals surface area contributed by atoms with Gasteiger partial charge in [0.25, 0.3) is 11.8 Å². The molecule has 14 heteroatoms. The summed E-state index contributed by atoms with van der Waals surface area (Å²) in [6, 6.07) is -1.04. The van der Waals surface area contributed by atoms with Crippen LogP contribution in [0.5, 0.6) is 0 Å². The molecule has 2 amide bonds. The number of carbonyl (C=O) groups is 4. The number of nitrogen functional groups attached to an aromatic ring is 1. The third-order valence-electron chi connectivity index (χ3n) is 4.17. The van der Waals surface area contributed by atoms with Crippen molar-refractivity contribution in [3.05, 3.63) is 22.3 Å². The van der Waals surface area contributed by atoms with Gasteiger partial charge in [-0.3, -0.25) is 14.4 Å². The zero-order valence-electron chi connectivity index (χ0n) is 15.0. The molecule has 0 radical (unpaired) electrons. The van der Waals surface area contributed by atoms with Crippen LogP contribution in [0.4, 0.5) is 5.13 Å². The third kappa shape index (κ3) is 3.88. The number of carbonyl (C=O) groups excluding carboxylic acids is 2. The van der Waals surface area contributed by atoms with E-state index in [1.807, 2.05) is 0 Å². The lowest BCUT2D eigenvalue weighted by atomic mass is 10.1. The lowest BCUT2D eigenvalue weighted by Gasteiger charge is -2.20. The van der Waals surface area contributed by atoms with Crippen molar-refractivity contribution in [2.75, 3.05) is 25.9 Å². The highest BCUT2D eigenvalue weighted by Crippen LogP contribution is 2.31. The second kappa shape index (κ2) is 7.84. The van der Waals surface area contributed by atoms with Gasteiger partial charge in [-0.2, -0.15) is 0 Å². The number of rotatable bonds is 7. The number of aliphatic carboxylic acids is 2. The molecule has 1 atom stereocenters. The van der Waals surface area contributed by atoms with Crippen molar-refractivity contribution < 1.29 is 34.2 Å². The molecule has 2 aliphatic rings. The van der Waals surface area contributed by atoms with E-state index in [2.05, 4.69) is 20.3 Å². The molecule has 1 saturated heterocycles. The average Bonchev–Trinajstić information content (AvgIpc) is 3.29. The number of aromatic nitrogens is 1. The Morgan fingerprint density at radius 1 is 1.45 bits per heavy atom. The van der Waals surface area contributed by atoms with Crippen molar-refractivity contribution in [2.24, 2.45) is 5.16 Å². The summed E-state index contributed by atoms with van der Waals surface area (Å²) in [7, 11) is 1.24. The average molecular weight is 424 g/mol. The van der Waals surface area contributed by atoms with Crippen molar-refractivity contribution in [3.8, 4) is 0 Å². The van der Waals surface area contributed by atoms with Crippen molar-refractivity contribution >= 4 is 45.9 Å². The number of carboxylic acid groups (broad SMARTS) is 2. The van der Waals surface area contributed by atoms with Gasteiger partial charge >= 0.3 is 11.9 Å². The van der Waals surface area contributed by atoms with Crippen LogP contribution in [-0.4, -0.2) is 80.9 Å². The standard InChI is InChI=1S/C15H16N6O7S/c1-28-19-11(8-5-29-15(16)18-8)12(24)17-7-4-20-3-6(14(26)27)9(2-10(22)23)21(20)13(7)25/h5,7H,2-4H2,1H3,(H2,16,18)(H,17,24)(H,22,23)(H,26,27)/b19-11-/t7-/m0/s1. The Morgan fingerprint density at radius 2 is 2.17 bits per heavy atom. The molecule has 0 bridgehead atoms.